The van der Waals surface area contributed by atoms with Gasteiger partial charge in [0.15, 0.2) is 0 Å². The van der Waals surface area contributed by atoms with E-state index in [9.17, 15) is 0 Å². The van der Waals surface area contributed by atoms with Crippen LogP contribution in [0, 0.1) is 0 Å². The lowest BCUT2D eigenvalue weighted by Gasteiger charge is -2.35. The van der Waals surface area contributed by atoms with Crippen molar-refractivity contribution in [3.63, 3.8) is 0 Å². The molecule has 0 aliphatic heterocycles. The van der Waals surface area contributed by atoms with Crippen LogP contribution in [-0.2, 0) is 5.41 Å². The SMILES string of the molecule is c1ccc(N(c2ccc(-c3ccc(-c4cc5c6ccccc6oc5c5ccccc45)cc3)cc2)c2ccc3c(c2)C(c2ccccc2)(c2ccccc2)c2ccccc2-3)cc1. The molecule has 0 saturated heterocycles. The van der Waals surface area contributed by atoms with E-state index in [1.165, 1.54) is 61.0 Å². The van der Waals surface area contributed by atoms with Crippen LogP contribution in [-0.4, -0.2) is 0 Å². The fraction of sp³-hybridized carbons (Fsp3) is 0.0169. The summed E-state index contributed by atoms with van der Waals surface area (Å²) in [5.74, 6) is 0. The highest BCUT2D eigenvalue weighted by atomic mass is 16.3. The number of hydrogen-bond acceptors (Lipinski definition) is 2. The van der Waals surface area contributed by atoms with Crippen molar-refractivity contribution in [1.82, 2.24) is 0 Å². The van der Waals surface area contributed by atoms with E-state index in [1.54, 1.807) is 0 Å². The van der Waals surface area contributed by atoms with E-state index in [0.29, 0.717) is 0 Å². The van der Waals surface area contributed by atoms with Crippen LogP contribution >= 0.6 is 0 Å². The molecule has 11 aromatic rings. The van der Waals surface area contributed by atoms with Gasteiger partial charge in [-0.2, -0.15) is 0 Å². The highest BCUT2D eigenvalue weighted by molar-refractivity contribution is 6.19. The van der Waals surface area contributed by atoms with Gasteiger partial charge in [-0.1, -0.05) is 188 Å². The van der Waals surface area contributed by atoms with Crippen LogP contribution in [0.1, 0.15) is 22.3 Å². The minimum Gasteiger partial charge on any atom is -0.455 e. The summed E-state index contributed by atoms with van der Waals surface area (Å²) < 4.78 is 6.39. The fourth-order valence-corrected chi connectivity index (χ4v) is 10.0. The number of furan rings is 1. The summed E-state index contributed by atoms with van der Waals surface area (Å²) >= 11 is 0. The molecule has 12 rings (SSSR count). The molecular weight excluding hydrogens is 739 g/mol. The Morgan fingerprint density at radius 1 is 0.311 bits per heavy atom. The molecule has 1 heterocycles. The van der Waals surface area contributed by atoms with Crippen molar-refractivity contribution >= 4 is 49.8 Å². The standard InChI is InChI=1S/C59H39NO/c1-4-16-43(17-5-1)59(44-18-6-2-7-19-44)55-26-14-12-23-49(55)50-37-36-47(38-56(50)59)60(45-20-8-3-9-21-45)46-34-32-41(33-35-46)40-28-30-42(31-29-40)53-39-54-51-24-13-15-27-57(51)61-58(54)52-25-11-10-22-48(52)53/h1-39H. The number of rotatable bonds is 7. The van der Waals surface area contributed by atoms with E-state index in [0.717, 1.165) is 44.4 Å². The number of benzene rings is 10. The molecule has 0 atom stereocenters. The van der Waals surface area contributed by atoms with Crippen LogP contribution in [0.25, 0.3) is 66.1 Å². The van der Waals surface area contributed by atoms with Gasteiger partial charge in [0.1, 0.15) is 11.2 Å². The molecule has 61 heavy (non-hydrogen) atoms. The summed E-state index contributed by atoms with van der Waals surface area (Å²) in [6.45, 7) is 0. The molecule has 0 saturated carbocycles. The maximum atomic E-state index is 6.39. The maximum absolute atomic E-state index is 6.39. The summed E-state index contributed by atoms with van der Waals surface area (Å²) in [4.78, 5) is 2.39. The first kappa shape index (κ1) is 35.0. The maximum Gasteiger partial charge on any atom is 0.143 e. The second-order valence-electron chi connectivity index (χ2n) is 16.0. The average molecular weight is 778 g/mol. The van der Waals surface area contributed by atoms with Crippen molar-refractivity contribution in [2.45, 2.75) is 5.41 Å². The van der Waals surface area contributed by atoms with Crippen molar-refractivity contribution in [2.75, 3.05) is 4.90 Å². The minimum atomic E-state index is -0.479. The summed E-state index contributed by atoms with van der Waals surface area (Å²) in [6, 6.07) is 86.0. The zero-order valence-corrected chi connectivity index (χ0v) is 33.4. The zero-order chi connectivity index (χ0) is 40.3. The molecule has 286 valence electrons. The molecular formula is C59H39NO. The van der Waals surface area contributed by atoms with Crippen LogP contribution in [0.4, 0.5) is 17.1 Å². The Morgan fingerprint density at radius 2 is 0.820 bits per heavy atom. The molecule has 10 aromatic carbocycles. The van der Waals surface area contributed by atoms with E-state index < -0.39 is 5.41 Å². The van der Waals surface area contributed by atoms with Crippen molar-refractivity contribution in [2.24, 2.45) is 0 Å². The molecule has 1 aliphatic carbocycles. The Hall–Kier alpha value is -7.94. The Morgan fingerprint density at radius 3 is 1.52 bits per heavy atom. The van der Waals surface area contributed by atoms with Gasteiger partial charge in [0, 0.05) is 33.2 Å². The molecule has 0 N–H and O–H groups in total. The fourth-order valence-electron chi connectivity index (χ4n) is 10.0. The first-order valence-electron chi connectivity index (χ1n) is 21.0. The largest absolute Gasteiger partial charge is 0.455 e. The number of fused-ring (bicyclic) bond motifs is 8. The molecule has 0 radical (unpaired) electrons. The first-order valence-corrected chi connectivity index (χ1v) is 21.0. The lowest BCUT2D eigenvalue weighted by molar-refractivity contribution is 0.672. The molecule has 0 spiro atoms. The summed E-state index contributed by atoms with van der Waals surface area (Å²) in [6.07, 6.45) is 0. The molecule has 0 bridgehead atoms. The van der Waals surface area contributed by atoms with E-state index in [-0.39, 0.29) is 0 Å². The number of nitrogens with zero attached hydrogens (tertiary/aromatic N) is 1. The normalized spacial score (nSPS) is 12.7. The Kier molecular flexibility index (Phi) is 8.11. The number of para-hydroxylation sites is 2. The van der Waals surface area contributed by atoms with E-state index >= 15 is 0 Å². The molecule has 1 aromatic heterocycles. The molecule has 2 heteroatoms. The lowest BCUT2D eigenvalue weighted by Crippen LogP contribution is -2.28. The highest BCUT2D eigenvalue weighted by Gasteiger charge is 2.46. The van der Waals surface area contributed by atoms with Crippen LogP contribution in [0.2, 0.25) is 0 Å². The predicted octanol–water partition coefficient (Wildman–Crippen LogP) is 15.9. The zero-order valence-electron chi connectivity index (χ0n) is 33.4. The van der Waals surface area contributed by atoms with Crippen LogP contribution < -0.4 is 4.90 Å². The van der Waals surface area contributed by atoms with Gasteiger partial charge in [-0.15, -0.1) is 0 Å². The third kappa shape index (κ3) is 5.50. The van der Waals surface area contributed by atoms with Gasteiger partial charge in [-0.3, -0.25) is 0 Å². The summed E-state index contributed by atoms with van der Waals surface area (Å²) in [5.41, 5.74) is 17.1. The van der Waals surface area contributed by atoms with Gasteiger partial charge in [0.25, 0.3) is 0 Å². The second-order valence-corrected chi connectivity index (χ2v) is 16.0. The Balaban J connectivity index is 0.948. The van der Waals surface area contributed by atoms with Crippen molar-refractivity contribution in [3.8, 4) is 33.4 Å². The average Bonchev–Trinajstić information content (AvgIpc) is 3.86. The van der Waals surface area contributed by atoms with Crippen LogP contribution in [0.5, 0.6) is 0 Å². The van der Waals surface area contributed by atoms with Gasteiger partial charge in [-0.05, 0) is 110 Å². The van der Waals surface area contributed by atoms with Crippen molar-refractivity contribution in [3.05, 3.63) is 259 Å². The van der Waals surface area contributed by atoms with E-state index in [4.69, 9.17) is 4.42 Å². The monoisotopic (exact) mass is 777 g/mol. The predicted molar refractivity (Wildman–Crippen MR) is 254 cm³/mol. The minimum absolute atomic E-state index is 0.479. The van der Waals surface area contributed by atoms with Gasteiger partial charge < -0.3 is 9.32 Å². The molecule has 1 aliphatic rings. The lowest BCUT2D eigenvalue weighted by atomic mass is 9.67. The van der Waals surface area contributed by atoms with Crippen molar-refractivity contribution < 1.29 is 4.42 Å². The molecule has 0 fully saturated rings. The van der Waals surface area contributed by atoms with Gasteiger partial charge in [-0.25, -0.2) is 0 Å². The smallest absolute Gasteiger partial charge is 0.143 e. The van der Waals surface area contributed by atoms with Crippen molar-refractivity contribution in [1.29, 1.82) is 0 Å². The quantitative estimate of drug-likeness (QED) is 0.160. The van der Waals surface area contributed by atoms with E-state index in [1.807, 2.05) is 6.07 Å². The molecule has 0 unspecified atom stereocenters. The summed E-state index contributed by atoms with van der Waals surface area (Å²) in [7, 11) is 0. The van der Waals surface area contributed by atoms with Gasteiger partial charge in [0.2, 0.25) is 0 Å². The third-order valence-corrected chi connectivity index (χ3v) is 12.8. The third-order valence-electron chi connectivity index (χ3n) is 12.8. The Bertz CT molecular complexity index is 3350. The Labute approximate surface area is 355 Å². The number of hydrogen-bond donors (Lipinski definition) is 0. The number of anilines is 3. The van der Waals surface area contributed by atoms with Gasteiger partial charge >= 0.3 is 0 Å². The summed E-state index contributed by atoms with van der Waals surface area (Å²) in [5, 5.41) is 4.60. The van der Waals surface area contributed by atoms with Crippen LogP contribution in [0.3, 0.4) is 0 Å². The van der Waals surface area contributed by atoms with E-state index in [2.05, 4.69) is 235 Å². The van der Waals surface area contributed by atoms with Crippen LogP contribution in [0.15, 0.2) is 241 Å². The highest BCUT2D eigenvalue weighted by Crippen LogP contribution is 2.57. The van der Waals surface area contributed by atoms with Gasteiger partial charge in [0.05, 0.1) is 5.41 Å². The topological polar surface area (TPSA) is 16.4 Å². The first-order chi connectivity index (χ1) is 30.3. The molecule has 0 amide bonds. The molecule has 2 nitrogen and oxygen atoms in total. The second kappa shape index (κ2) is 14.1.